The van der Waals surface area contributed by atoms with Gasteiger partial charge >= 0.3 is 0 Å². The molecule has 4 heteroatoms. The van der Waals surface area contributed by atoms with Gasteiger partial charge in [-0.15, -0.1) is 0 Å². The summed E-state index contributed by atoms with van der Waals surface area (Å²) in [6.45, 7) is 2.30. The lowest BCUT2D eigenvalue weighted by molar-refractivity contribution is -0.140. The van der Waals surface area contributed by atoms with Crippen LogP contribution in [-0.2, 0) is 4.79 Å². The molecule has 2 aliphatic heterocycles. The first-order valence-electron chi connectivity index (χ1n) is 5.83. The summed E-state index contributed by atoms with van der Waals surface area (Å²) in [5.74, 6) is 0.0974. The minimum absolute atomic E-state index is 0.0802. The van der Waals surface area contributed by atoms with Crippen molar-refractivity contribution in [3.05, 3.63) is 0 Å². The van der Waals surface area contributed by atoms with Crippen LogP contribution in [0.15, 0.2) is 0 Å². The molecule has 3 N–H and O–H groups in total. The molecule has 2 fully saturated rings. The second-order valence-electron chi connectivity index (χ2n) is 4.89. The Morgan fingerprint density at radius 3 is 2.47 bits per heavy atom. The average Bonchev–Trinajstić information content (AvgIpc) is 2.49. The van der Waals surface area contributed by atoms with Crippen molar-refractivity contribution in [2.24, 2.45) is 11.7 Å². The quantitative estimate of drug-likeness (QED) is 0.682. The third kappa shape index (κ3) is 1.88. The molecule has 86 valence electrons. The van der Waals surface area contributed by atoms with Gasteiger partial charge in [-0.05, 0) is 25.7 Å². The summed E-state index contributed by atoms with van der Waals surface area (Å²) in [5.41, 5.74) is 5.52. The van der Waals surface area contributed by atoms with Crippen LogP contribution >= 0.6 is 0 Å². The molecule has 2 saturated heterocycles. The van der Waals surface area contributed by atoms with E-state index in [4.69, 9.17) is 5.73 Å². The summed E-state index contributed by atoms with van der Waals surface area (Å²) in [4.78, 5) is 14.1. The van der Waals surface area contributed by atoms with E-state index >= 15 is 0 Å². The van der Waals surface area contributed by atoms with Crippen molar-refractivity contribution in [1.29, 1.82) is 0 Å². The van der Waals surface area contributed by atoms with Gasteiger partial charge < -0.3 is 15.7 Å². The lowest BCUT2D eigenvalue weighted by Crippen LogP contribution is -2.50. The van der Waals surface area contributed by atoms with Gasteiger partial charge in [-0.2, -0.15) is 0 Å². The van der Waals surface area contributed by atoms with Gasteiger partial charge in [0.05, 0.1) is 6.10 Å². The van der Waals surface area contributed by atoms with Crippen LogP contribution in [0.5, 0.6) is 0 Å². The maximum absolute atomic E-state index is 12.1. The van der Waals surface area contributed by atoms with Gasteiger partial charge in [-0.3, -0.25) is 4.79 Å². The number of piperidine rings is 1. The van der Waals surface area contributed by atoms with Crippen LogP contribution < -0.4 is 5.73 Å². The number of carbonyl (C=O) groups excluding carboxylic acids is 1. The van der Waals surface area contributed by atoms with E-state index in [0.717, 1.165) is 25.7 Å². The van der Waals surface area contributed by atoms with Gasteiger partial charge in [0.1, 0.15) is 0 Å². The lowest BCUT2D eigenvalue weighted by Gasteiger charge is -2.38. The van der Waals surface area contributed by atoms with E-state index < -0.39 is 0 Å². The fourth-order valence-corrected chi connectivity index (χ4v) is 2.86. The van der Waals surface area contributed by atoms with Gasteiger partial charge in [0.2, 0.25) is 5.91 Å². The number of hydrogen-bond donors (Lipinski definition) is 2. The zero-order valence-electron chi connectivity index (χ0n) is 9.22. The van der Waals surface area contributed by atoms with Crippen LogP contribution in [0.4, 0.5) is 0 Å². The number of aliphatic hydroxyl groups is 1. The van der Waals surface area contributed by atoms with Crippen molar-refractivity contribution >= 4 is 5.91 Å². The third-order valence-electron chi connectivity index (χ3n) is 3.74. The third-order valence-corrected chi connectivity index (χ3v) is 3.74. The van der Waals surface area contributed by atoms with Crippen molar-refractivity contribution in [2.75, 3.05) is 6.54 Å². The molecule has 2 heterocycles. The van der Waals surface area contributed by atoms with Crippen LogP contribution in [0.1, 0.15) is 32.6 Å². The number of fused-ring (bicyclic) bond motifs is 2. The van der Waals surface area contributed by atoms with Crippen molar-refractivity contribution in [3.63, 3.8) is 0 Å². The zero-order valence-corrected chi connectivity index (χ0v) is 9.22. The number of nitrogens with two attached hydrogens (primary N) is 1. The number of carbonyl (C=O) groups is 1. The highest BCUT2D eigenvalue weighted by Crippen LogP contribution is 2.36. The molecule has 1 amide bonds. The van der Waals surface area contributed by atoms with Crippen LogP contribution in [0.2, 0.25) is 0 Å². The Balaban J connectivity index is 2.08. The molecule has 0 saturated carbocycles. The molecule has 2 bridgehead atoms. The minimum Gasteiger partial charge on any atom is -0.393 e. The normalized spacial score (nSPS) is 36.7. The second kappa shape index (κ2) is 4.10. The number of aliphatic hydroxyl groups excluding tert-OH is 1. The molecule has 0 spiro atoms. The molecule has 4 nitrogen and oxygen atoms in total. The molecule has 0 aromatic heterocycles. The molecule has 15 heavy (non-hydrogen) atoms. The van der Waals surface area contributed by atoms with Gasteiger partial charge in [-0.25, -0.2) is 0 Å². The van der Waals surface area contributed by atoms with Crippen molar-refractivity contribution in [3.8, 4) is 0 Å². The Kier molecular flexibility index (Phi) is 2.98. The van der Waals surface area contributed by atoms with Gasteiger partial charge in [0.25, 0.3) is 0 Å². The first-order valence-corrected chi connectivity index (χ1v) is 5.83. The summed E-state index contributed by atoms with van der Waals surface area (Å²) in [5, 5.41) is 9.62. The summed E-state index contributed by atoms with van der Waals surface area (Å²) in [6.07, 6.45) is 3.38. The summed E-state index contributed by atoms with van der Waals surface area (Å²) >= 11 is 0. The van der Waals surface area contributed by atoms with Crippen LogP contribution in [0, 0.1) is 5.92 Å². The predicted molar refractivity (Wildman–Crippen MR) is 57.1 cm³/mol. The monoisotopic (exact) mass is 212 g/mol. The van der Waals surface area contributed by atoms with Crippen LogP contribution in [0.3, 0.4) is 0 Å². The highest BCUT2D eigenvalue weighted by molar-refractivity contribution is 5.79. The molecule has 3 atom stereocenters. The Labute approximate surface area is 90.4 Å². The first-order chi connectivity index (χ1) is 7.13. The number of nitrogens with zero attached hydrogens (tertiary/aromatic N) is 1. The van der Waals surface area contributed by atoms with E-state index in [-0.39, 0.29) is 30.0 Å². The van der Waals surface area contributed by atoms with Crippen molar-refractivity contribution in [2.45, 2.75) is 50.8 Å². The summed E-state index contributed by atoms with van der Waals surface area (Å²) < 4.78 is 0. The van der Waals surface area contributed by atoms with Crippen molar-refractivity contribution in [1.82, 2.24) is 4.90 Å². The molecule has 2 rings (SSSR count). The van der Waals surface area contributed by atoms with Gasteiger partial charge in [-0.1, -0.05) is 6.92 Å². The molecule has 3 unspecified atom stereocenters. The number of amides is 1. The molecule has 0 aromatic carbocycles. The Bertz CT molecular complexity index is 243. The van der Waals surface area contributed by atoms with E-state index in [1.54, 1.807) is 0 Å². The molecule has 0 aliphatic carbocycles. The number of rotatable bonds is 2. The topological polar surface area (TPSA) is 66.6 Å². The Hall–Kier alpha value is -0.610. The van der Waals surface area contributed by atoms with E-state index in [1.165, 1.54) is 0 Å². The maximum atomic E-state index is 12.1. The zero-order chi connectivity index (χ0) is 11.0. The molecule has 0 radical (unpaired) electrons. The molecule has 0 aromatic rings. The minimum atomic E-state index is -0.209. The number of hydrogen-bond acceptors (Lipinski definition) is 3. The molecular weight excluding hydrogens is 192 g/mol. The van der Waals surface area contributed by atoms with Gasteiger partial charge in [0, 0.05) is 24.5 Å². The Morgan fingerprint density at radius 2 is 2.00 bits per heavy atom. The van der Waals surface area contributed by atoms with E-state index in [1.807, 2.05) is 11.8 Å². The standard InChI is InChI=1S/C11H20N2O2/c1-7(6-12)11(15)13-8-2-3-9(13)5-10(14)4-8/h7-10,14H,2-6,12H2,1H3. The average molecular weight is 212 g/mol. The molecular formula is C11H20N2O2. The van der Waals surface area contributed by atoms with Gasteiger partial charge in [0.15, 0.2) is 0 Å². The SMILES string of the molecule is CC(CN)C(=O)N1C2CCC1CC(O)C2. The highest BCUT2D eigenvalue weighted by Gasteiger charge is 2.43. The fraction of sp³-hybridized carbons (Fsp3) is 0.909. The van der Waals surface area contributed by atoms with E-state index in [2.05, 4.69) is 0 Å². The van der Waals surface area contributed by atoms with E-state index in [0.29, 0.717) is 6.54 Å². The van der Waals surface area contributed by atoms with Crippen LogP contribution in [0.25, 0.3) is 0 Å². The first kappa shape index (κ1) is 10.9. The fourth-order valence-electron chi connectivity index (χ4n) is 2.86. The van der Waals surface area contributed by atoms with E-state index in [9.17, 15) is 9.90 Å². The van der Waals surface area contributed by atoms with Crippen LogP contribution in [-0.4, -0.2) is 40.6 Å². The Morgan fingerprint density at radius 1 is 1.47 bits per heavy atom. The summed E-state index contributed by atoms with van der Waals surface area (Å²) in [7, 11) is 0. The molecule has 2 aliphatic rings. The predicted octanol–water partition coefficient (Wildman–Crippen LogP) is 0.0955. The van der Waals surface area contributed by atoms with Crippen molar-refractivity contribution < 1.29 is 9.90 Å². The maximum Gasteiger partial charge on any atom is 0.227 e. The lowest BCUT2D eigenvalue weighted by atomic mass is 9.98. The highest BCUT2D eigenvalue weighted by atomic mass is 16.3. The smallest absolute Gasteiger partial charge is 0.227 e. The summed E-state index contributed by atoms with van der Waals surface area (Å²) in [6, 6.07) is 0.528. The largest absolute Gasteiger partial charge is 0.393 e. The second-order valence-corrected chi connectivity index (χ2v) is 4.89.